The van der Waals surface area contributed by atoms with Crippen LogP contribution in [0.1, 0.15) is 29.2 Å². The molecule has 0 aliphatic heterocycles. The molecule has 0 fully saturated rings. The zero-order valence-electron chi connectivity index (χ0n) is 18.3. The molecule has 3 rings (SSSR count). The Balaban J connectivity index is 1.58. The van der Waals surface area contributed by atoms with Crippen molar-refractivity contribution in [2.75, 3.05) is 0 Å². The molecule has 3 aromatic rings. The first-order valence-electron chi connectivity index (χ1n) is 10.1. The second-order valence-electron chi connectivity index (χ2n) is 7.76. The monoisotopic (exact) mass is 529 g/mol. The lowest BCUT2D eigenvalue weighted by molar-refractivity contribution is 0.0564. The predicted molar refractivity (Wildman–Crippen MR) is 122 cm³/mol. The van der Waals surface area contributed by atoms with E-state index in [0.29, 0.717) is 22.6 Å². The van der Waals surface area contributed by atoms with E-state index in [-0.39, 0.29) is 18.8 Å². The molecule has 35 heavy (non-hydrogen) atoms. The highest BCUT2D eigenvalue weighted by Gasteiger charge is 2.50. The maximum atomic E-state index is 14.2. The third-order valence-electron chi connectivity index (χ3n) is 5.12. The Morgan fingerprint density at radius 3 is 1.66 bits per heavy atom. The van der Waals surface area contributed by atoms with Gasteiger partial charge in [0.05, 0.1) is 0 Å². The highest BCUT2D eigenvalue weighted by molar-refractivity contribution is 7.52. The molecule has 12 heteroatoms. The summed E-state index contributed by atoms with van der Waals surface area (Å²) >= 11 is 0. The van der Waals surface area contributed by atoms with Crippen LogP contribution in [0.15, 0.2) is 72.8 Å². The molecule has 0 spiro atoms. The topological polar surface area (TPSA) is 113 Å². The van der Waals surface area contributed by atoms with Crippen LogP contribution in [0.5, 0.6) is 11.5 Å². The van der Waals surface area contributed by atoms with Crippen LogP contribution in [-0.2, 0) is 33.4 Å². The van der Waals surface area contributed by atoms with E-state index >= 15 is 0 Å². The summed E-state index contributed by atoms with van der Waals surface area (Å²) < 4.78 is 75.2. The van der Waals surface area contributed by atoms with Gasteiger partial charge >= 0.3 is 26.7 Å². The molecule has 0 saturated carbocycles. The van der Waals surface area contributed by atoms with Crippen molar-refractivity contribution in [2.24, 2.45) is 0 Å². The van der Waals surface area contributed by atoms with Gasteiger partial charge in [0.15, 0.2) is 0 Å². The SMILES string of the molecule is CC(F)(c1ccc(COc2cccc(OCc3ccc(C(F)(F)P(=O)(O)O)cc3)c2)cc1)[P+](=O)O. The van der Waals surface area contributed by atoms with E-state index in [9.17, 15) is 22.3 Å². The number of rotatable bonds is 10. The van der Waals surface area contributed by atoms with Crippen molar-refractivity contribution in [1.29, 1.82) is 0 Å². The molecule has 2 unspecified atom stereocenters. The Labute approximate surface area is 200 Å². The van der Waals surface area contributed by atoms with E-state index in [1.54, 1.807) is 36.4 Å². The van der Waals surface area contributed by atoms with Crippen LogP contribution in [0, 0.1) is 0 Å². The van der Waals surface area contributed by atoms with E-state index in [1.807, 2.05) is 0 Å². The standard InChI is InChI=1S/C23H21F3O7P2/c1-22(24,34(27)28)18-9-5-16(6-10-18)14-32-20-3-2-4-21(13-20)33-15-17-7-11-19(12-8-17)23(25,26)35(29,30)31/h2-13H,14-15H2,1H3,(H2-,27,28,29,30,31)/p+1. The van der Waals surface area contributed by atoms with Gasteiger partial charge in [-0.25, -0.2) is 0 Å². The number of alkyl halides is 3. The van der Waals surface area contributed by atoms with Crippen molar-refractivity contribution in [1.82, 2.24) is 0 Å². The zero-order chi connectivity index (χ0) is 25.9. The van der Waals surface area contributed by atoms with Crippen LogP contribution in [0.3, 0.4) is 0 Å². The lowest BCUT2D eigenvalue weighted by atomic mass is 10.1. The molecular formula is C23H22F3O7P2+. The summed E-state index contributed by atoms with van der Waals surface area (Å²) in [5.41, 5.74) is -3.78. The summed E-state index contributed by atoms with van der Waals surface area (Å²) in [6.07, 6.45) is 0. The minimum Gasteiger partial charge on any atom is -0.489 e. The van der Waals surface area contributed by atoms with E-state index in [4.69, 9.17) is 24.2 Å². The highest BCUT2D eigenvalue weighted by Crippen LogP contribution is 2.59. The van der Waals surface area contributed by atoms with E-state index in [0.717, 1.165) is 19.1 Å². The summed E-state index contributed by atoms with van der Waals surface area (Å²) in [7, 11) is -8.67. The minimum absolute atomic E-state index is 0.0157. The Morgan fingerprint density at radius 2 is 1.26 bits per heavy atom. The Hall–Kier alpha value is -2.74. The fraction of sp³-hybridized carbons (Fsp3) is 0.217. The number of hydrogen-bond donors (Lipinski definition) is 3. The number of ether oxygens (including phenoxy) is 2. The van der Waals surface area contributed by atoms with Crippen molar-refractivity contribution in [3.8, 4) is 11.5 Å². The second-order valence-corrected chi connectivity index (χ2v) is 10.8. The number of hydrogen-bond acceptors (Lipinski definition) is 4. The van der Waals surface area contributed by atoms with Gasteiger partial charge in [0.1, 0.15) is 24.7 Å². The van der Waals surface area contributed by atoms with Crippen LogP contribution in [0.2, 0.25) is 0 Å². The molecule has 0 radical (unpaired) electrons. The van der Waals surface area contributed by atoms with E-state index in [2.05, 4.69) is 0 Å². The molecule has 0 aliphatic rings. The summed E-state index contributed by atoms with van der Waals surface area (Å²) in [5.74, 6) is 0.902. The lowest BCUT2D eigenvalue weighted by Crippen LogP contribution is -2.13. The second kappa shape index (κ2) is 10.5. The average molecular weight is 529 g/mol. The van der Waals surface area contributed by atoms with Gasteiger partial charge in [-0.1, -0.05) is 54.6 Å². The first-order valence-corrected chi connectivity index (χ1v) is 13.0. The average Bonchev–Trinajstić information content (AvgIpc) is 2.81. The number of benzene rings is 3. The van der Waals surface area contributed by atoms with Gasteiger partial charge in [-0.3, -0.25) is 4.57 Å². The van der Waals surface area contributed by atoms with Crippen LogP contribution in [0.4, 0.5) is 13.2 Å². The molecule has 0 aliphatic carbocycles. The molecule has 0 heterocycles. The molecule has 3 aromatic carbocycles. The van der Waals surface area contributed by atoms with Gasteiger partial charge < -0.3 is 19.3 Å². The maximum Gasteiger partial charge on any atom is 0.550 e. The van der Waals surface area contributed by atoms with Crippen molar-refractivity contribution < 1.29 is 46.5 Å². The van der Waals surface area contributed by atoms with Gasteiger partial charge in [0.25, 0.3) is 0 Å². The summed E-state index contributed by atoms with van der Waals surface area (Å²) in [4.78, 5) is 26.7. The van der Waals surface area contributed by atoms with Gasteiger partial charge in [0, 0.05) is 24.1 Å². The first kappa shape index (κ1) is 26.9. The van der Waals surface area contributed by atoms with Crippen LogP contribution in [-0.4, -0.2) is 14.7 Å². The maximum absolute atomic E-state index is 14.2. The Bertz CT molecular complexity index is 1230. The molecule has 0 saturated heterocycles. The van der Waals surface area contributed by atoms with Crippen molar-refractivity contribution in [2.45, 2.75) is 31.2 Å². The van der Waals surface area contributed by atoms with Crippen LogP contribution >= 0.6 is 15.6 Å². The van der Waals surface area contributed by atoms with E-state index < -0.39 is 32.3 Å². The summed E-state index contributed by atoms with van der Waals surface area (Å²) in [6.45, 7) is 1.20. The van der Waals surface area contributed by atoms with Gasteiger partial charge in [-0.05, 0) is 27.8 Å². The fourth-order valence-corrected chi connectivity index (χ4v) is 3.83. The molecule has 0 amide bonds. The van der Waals surface area contributed by atoms with Crippen LogP contribution in [0.25, 0.3) is 0 Å². The predicted octanol–water partition coefficient (Wildman–Crippen LogP) is 5.95. The molecule has 7 nitrogen and oxygen atoms in total. The highest BCUT2D eigenvalue weighted by atomic mass is 31.2. The van der Waals surface area contributed by atoms with Gasteiger partial charge in [-0.15, -0.1) is 0 Å². The summed E-state index contributed by atoms with van der Waals surface area (Å²) in [5, 5.41) is -2.35. The van der Waals surface area contributed by atoms with Crippen molar-refractivity contribution in [3.05, 3.63) is 95.1 Å². The first-order chi connectivity index (χ1) is 16.3. The van der Waals surface area contributed by atoms with Gasteiger partial charge in [0.2, 0.25) is 0 Å². The third-order valence-corrected chi connectivity index (χ3v) is 7.09. The minimum atomic E-state index is -5.63. The molecule has 186 valence electrons. The normalized spacial score (nSPS) is 14.2. The molecule has 2 atom stereocenters. The molecule has 0 bridgehead atoms. The zero-order valence-corrected chi connectivity index (χ0v) is 20.1. The van der Waals surface area contributed by atoms with Crippen molar-refractivity contribution >= 4 is 15.6 Å². The smallest absolute Gasteiger partial charge is 0.489 e. The lowest BCUT2D eigenvalue weighted by Gasteiger charge is -2.18. The molecular weight excluding hydrogens is 507 g/mol. The molecule has 0 aromatic heterocycles. The Kier molecular flexibility index (Phi) is 8.04. The van der Waals surface area contributed by atoms with Crippen molar-refractivity contribution in [3.63, 3.8) is 0 Å². The van der Waals surface area contributed by atoms with Crippen LogP contribution < -0.4 is 9.47 Å². The Morgan fingerprint density at radius 1 is 0.829 bits per heavy atom. The quantitative estimate of drug-likeness (QED) is 0.278. The summed E-state index contributed by atoms with van der Waals surface area (Å²) in [6, 6.07) is 17.1. The fourth-order valence-electron chi connectivity index (χ4n) is 2.97. The largest absolute Gasteiger partial charge is 0.550 e. The van der Waals surface area contributed by atoms with E-state index in [1.165, 1.54) is 24.3 Å². The third kappa shape index (κ3) is 6.48. The number of halogens is 3. The van der Waals surface area contributed by atoms with Gasteiger partial charge in [-0.2, -0.15) is 18.1 Å². The molecule has 3 N–H and O–H groups in total.